The SMILES string of the molecule is O=C(CO)Nc1cc(-c2[nH]c3cc(Cl)cnc3c2-c2ccc(I)cn2)ccn1. The summed E-state index contributed by atoms with van der Waals surface area (Å²) in [5, 5.41) is 12.0. The van der Waals surface area contributed by atoms with Gasteiger partial charge in [0.15, 0.2) is 0 Å². The first-order chi connectivity index (χ1) is 13.5. The molecule has 4 aromatic heterocycles. The molecule has 9 heteroatoms. The summed E-state index contributed by atoms with van der Waals surface area (Å²) in [6, 6.07) is 9.24. The topological polar surface area (TPSA) is 104 Å². The molecule has 0 aliphatic rings. The van der Waals surface area contributed by atoms with Crippen molar-refractivity contribution in [3.8, 4) is 22.5 Å². The van der Waals surface area contributed by atoms with Crippen LogP contribution in [-0.2, 0) is 4.79 Å². The Labute approximate surface area is 178 Å². The fourth-order valence-corrected chi connectivity index (χ4v) is 3.35. The lowest BCUT2D eigenvalue weighted by Crippen LogP contribution is -2.16. The summed E-state index contributed by atoms with van der Waals surface area (Å²) < 4.78 is 1.02. The number of H-pyrrole nitrogens is 1. The molecule has 0 aromatic carbocycles. The molecular formula is C19H13ClIN5O2. The van der Waals surface area contributed by atoms with Crippen LogP contribution < -0.4 is 5.32 Å². The van der Waals surface area contributed by atoms with Gasteiger partial charge in [-0.25, -0.2) is 4.98 Å². The Hall–Kier alpha value is -2.56. The van der Waals surface area contributed by atoms with Crippen molar-refractivity contribution in [1.29, 1.82) is 0 Å². The fraction of sp³-hybridized carbons (Fsp3) is 0.0526. The Morgan fingerprint density at radius 2 is 2.04 bits per heavy atom. The van der Waals surface area contributed by atoms with Crippen LogP contribution in [0.1, 0.15) is 0 Å². The average molecular weight is 506 g/mol. The molecule has 0 aliphatic heterocycles. The number of aromatic nitrogens is 4. The van der Waals surface area contributed by atoms with Gasteiger partial charge in [-0.2, -0.15) is 0 Å². The van der Waals surface area contributed by atoms with Crippen molar-refractivity contribution in [3.05, 3.63) is 57.5 Å². The molecule has 0 aliphatic carbocycles. The zero-order valence-corrected chi connectivity index (χ0v) is 17.2. The van der Waals surface area contributed by atoms with Gasteiger partial charge < -0.3 is 15.4 Å². The highest BCUT2D eigenvalue weighted by atomic mass is 127. The standard InChI is InChI=1S/C19H13ClIN5O2/c20-11-6-14-19(24-7-11)17(13-2-1-12(21)8-23-13)18(25-14)10-3-4-22-15(5-10)26-16(28)9-27/h1-8,25,27H,9H2,(H,22,26,28). The highest BCUT2D eigenvalue weighted by Crippen LogP contribution is 2.37. The lowest BCUT2D eigenvalue weighted by molar-refractivity contribution is -0.118. The summed E-state index contributed by atoms with van der Waals surface area (Å²) in [7, 11) is 0. The number of anilines is 1. The van der Waals surface area contributed by atoms with Crippen LogP contribution in [-0.4, -0.2) is 37.6 Å². The minimum absolute atomic E-state index is 0.336. The quantitative estimate of drug-likeness (QED) is 0.365. The first-order valence-electron chi connectivity index (χ1n) is 8.21. The van der Waals surface area contributed by atoms with Gasteiger partial charge in [0.1, 0.15) is 12.4 Å². The van der Waals surface area contributed by atoms with Crippen molar-refractivity contribution < 1.29 is 9.90 Å². The summed E-state index contributed by atoms with van der Waals surface area (Å²) in [6.07, 6.45) is 4.96. The summed E-state index contributed by atoms with van der Waals surface area (Å²) in [4.78, 5) is 28.0. The second kappa shape index (κ2) is 7.82. The van der Waals surface area contributed by atoms with Gasteiger partial charge in [0.25, 0.3) is 5.91 Å². The third-order valence-electron chi connectivity index (χ3n) is 4.04. The van der Waals surface area contributed by atoms with E-state index in [1.807, 2.05) is 18.2 Å². The molecular weight excluding hydrogens is 493 g/mol. The Kier molecular flexibility index (Phi) is 5.25. The number of hydrogen-bond acceptors (Lipinski definition) is 5. The van der Waals surface area contributed by atoms with E-state index in [-0.39, 0.29) is 0 Å². The van der Waals surface area contributed by atoms with E-state index in [4.69, 9.17) is 16.7 Å². The molecule has 0 unspecified atom stereocenters. The van der Waals surface area contributed by atoms with Gasteiger partial charge in [-0.3, -0.25) is 14.8 Å². The first-order valence-corrected chi connectivity index (χ1v) is 9.67. The fourth-order valence-electron chi connectivity index (χ4n) is 2.88. The van der Waals surface area contributed by atoms with Gasteiger partial charge in [-0.05, 0) is 52.9 Å². The van der Waals surface area contributed by atoms with E-state index in [9.17, 15) is 4.79 Å². The Bertz CT molecular complexity index is 1180. The molecule has 0 spiro atoms. The number of carbonyl (C=O) groups excluding carboxylic acids is 1. The number of aliphatic hydroxyl groups excluding tert-OH is 1. The van der Waals surface area contributed by atoms with Crippen molar-refractivity contribution in [2.45, 2.75) is 0 Å². The van der Waals surface area contributed by atoms with E-state index < -0.39 is 12.5 Å². The molecule has 140 valence electrons. The van der Waals surface area contributed by atoms with E-state index in [1.165, 1.54) is 0 Å². The van der Waals surface area contributed by atoms with Crippen LogP contribution in [0.25, 0.3) is 33.5 Å². The van der Waals surface area contributed by atoms with E-state index in [2.05, 4.69) is 47.8 Å². The normalized spacial score (nSPS) is 11.0. The molecule has 4 aromatic rings. The molecule has 4 heterocycles. The van der Waals surface area contributed by atoms with Crippen LogP contribution in [0.5, 0.6) is 0 Å². The third kappa shape index (κ3) is 3.71. The minimum Gasteiger partial charge on any atom is -0.387 e. The van der Waals surface area contributed by atoms with E-state index in [0.717, 1.165) is 37.1 Å². The summed E-state index contributed by atoms with van der Waals surface area (Å²) in [5.41, 5.74) is 4.66. The predicted octanol–water partition coefficient (Wildman–Crippen LogP) is 3.88. The van der Waals surface area contributed by atoms with Crippen LogP contribution in [0, 0.1) is 3.57 Å². The molecule has 0 fully saturated rings. The lowest BCUT2D eigenvalue weighted by Gasteiger charge is -2.07. The van der Waals surface area contributed by atoms with Crippen LogP contribution in [0.4, 0.5) is 5.82 Å². The number of nitrogens with one attached hydrogen (secondary N) is 2. The molecule has 1 amide bonds. The van der Waals surface area contributed by atoms with Crippen LogP contribution >= 0.6 is 34.2 Å². The van der Waals surface area contributed by atoms with Crippen molar-refractivity contribution in [1.82, 2.24) is 19.9 Å². The molecule has 4 rings (SSSR count). The van der Waals surface area contributed by atoms with Crippen molar-refractivity contribution in [3.63, 3.8) is 0 Å². The maximum Gasteiger partial charge on any atom is 0.251 e. The number of pyridine rings is 3. The average Bonchev–Trinajstić information content (AvgIpc) is 3.07. The number of amides is 1. The zero-order chi connectivity index (χ0) is 19.7. The maximum atomic E-state index is 11.5. The lowest BCUT2D eigenvalue weighted by atomic mass is 10.0. The maximum absolute atomic E-state index is 11.5. The van der Waals surface area contributed by atoms with E-state index >= 15 is 0 Å². The molecule has 7 nitrogen and oxygen atoms in total. The van der Waals surface area contributed by atoms with Gasteiger partial charge in [-0.1, -0.05) is 11.6 Å². The molecule has 3 N–H and O–H groups in total. The van der Waals surface area contributed by atoms with E-state index in [0.29, 0.717) is 10.8 Å². The molecule has 0 bridgehead atoms. The number of hydrogen-bond donors (Lipinski definition) is 3. The Balaban J connectivity index is 1.91. The summed E-state index contributed by atoms with van der Waals surface area (Å²) in [5.74, 6) is -0.197. The first kappa shape index (κ1) is 18.8. The van der Waals surface area contributed by atoms with Crippen molar-refractivity contribution >= 4 is 57.0 Å². The second-order valence-electron chi connectivity index (χ2n) is 5.92. The Morgan fingerprint density at radius 1 is 1.18 bits per heavy atom. The summed E-state index contributed by atoms with van der Waals surface area (Å²) in [6.45, 7) is -0.613. The summed E-state index contributed by atoms with van der Waals surface area (Å²) >= 11 is 8.31. The van der Waals surface area contributed by atoms with Gasteiger partial charge in [0.2, 0.25) is 0 Å². The van der Waals surface area contributed by atoms with Crippen LogP contribution in [0.2, 0.25) is 5.02 Å². The zero-order valence-electron chi connectivity index (χ0n) is 14.3. The van der Waals surface area contributed by atoms with Crippen molar-refractivity contribution in [2.75, 3.05) is 11.9 Å². The third-order valence-corrected chi connectivity index (χ3v) is 4.89. The molecule has 0 atom stereocenters. The van der Waals surface area contributed by atoms with Gasteiger partial charge in [0.05, 0.1) is 33.0 Å². The van der Waals surface area contributed by atoms with Crippen LogP contribution in [0.3, 0.4) is 0 Å². The van der Waals surface area contributed by atoms with Gasteiger partial charge in [-0.15, -0.1) is 0 Å². The highest BCUT2D eigenvalue weighted by Gasteiger charge is 2.18. The van der Waals surface area contributed by atoms with E-state index in [1.54, 1.807) is 30.7 Å². The minimum atomic E-state index is -0.613. The highest BCUT2D eigenvalue weighted by molar-refractivity contribution is 14.1. The molecule has 0 radical (unpaired) electrons. The van der Waals surface area contributed by atoms with Gasteiger partial charge in [0, 0.05) is 27.7 Å². The predicted molar refractivity (Wildman–Crippen MR) is 116 cm³/mol. The molecule has 0 saturated heterocycles. The number of halogens is 2. The smallest absolute Gasteiger partial charge is 0.251 e. The number of carbonyl (C=O) groups is 1. The number of aromatic amines is 1. The largest absolute Gasteiger partial charge is 0.387 e. The number of nitrogens with zero attached hydrogens (tertiary/aromatic N) is 3. The molecule has 0 saturated carbocycles. The molecule has 28 heavy (non-hydrogen) atoms. The number of aliphatic hydroxyl groups is 1. The van der Waals surface area contributed by atoms with Gasteiger partial charge >= 0.3 is 0 Å². The monoisotopic (exact) mass is 505 g/mol. The number of rotatable bonds is 4. The van der Waals surface area contributed by atoms with Crippen molar-refractivity contribution in [2.24, 2.45) is 0 Å². The Morgan fingerprint density at radius 3 is 2.79 bits per heavy atom. The van der Waals surface area contributed by atoms with Crippen LogP contribution in [0.15, 0.2) is 48.9 Å². The second-order valence-corrected chi connectivity index (χ2v) is 7.60. The number of fused-ring (bicyclic) bond motifs is 1.